The summed E-state index contributed by atoms with van der Waals surface area (Å²) in [6, 6.07) is 13.7. The molecule has 2 amide bonds. The van der Waals surface area contributed by atoms with Gasteiger partial charge >= 0.3 is 0 Å². The van der Waals surface area contributed by atoms with Crippen molar-refractivity contribution in [1.29, 1.82) is 5.26 Å². The zero-order valence-corrected chi connectivity index (χ0v) is 17.5. The molecule has 2 N–H and O–H groups in total. The second kappa shape index (κ2) is 10.7. The predicted octanol–water partition coefficient (Wildman–Crippen LogP) is 4.23. The number of hydrogen-bond donors (Lipinski definition) is 2. The molecule has 2 aromatic rings. The Balaban J connectivity index is 2.15. The molecule has 0 saturated carbocycles. The molecule has 0 heterocycles. The Morgan fingerprint density at radius 3 is 2.23 bits per heavy atom. The summed E-state index contributed by atoms with van der Waals surface area (Å²) in [5.41, 5.74) is 1.70. The molecule has 30 heavy (non-hydrogen) atoms. The zero-order chi connectivity index (χ0) is 22.1. The summed E-state index contributed by atoms with van der Waals surface area (Å²) in [6.07, 6.45) is 1.48. The molecule has 2 aromatic carbocycles. The van der Waals surface area contributed by atoms with Gasteiger partial charge < -0.3 is 20.1 Å². The van der Waals surface area contributed by atoms with Crippen molar-refractivity contribution in [3.8, 4) is 17.6 Å². The first kappa shape index (κ1) is 22.5. The van der Waals surface area contributed by atoms with Gasteiger partial charge in [0.1, 0.15) is 11.6 Å². The zero-order valence-electron chi connectivity index (χ0n) is 17.5. The molecule has 0 aliphatic carbocycles. The third-order valence-electron chi connectivity index (χ3n) is 3.90. The number of ether oxygens (including phenoxy) is 2. The number of benzene rings is 2. The van der Waals surface area contributed by atoms with Crippen molar-refractivity contribution in [2.45, 2.75) is 20.8 Å². The fraction of sp³-hybridized carbons (Fsp3) is 0.261. The summed E-state index contributed by atoms with van der Waals surface area (Å²) in [6.45, 7) is 6.07. The molecular formula is C23H25N3O4. The van der Waals surface area contributed by atoms with Gasteiger partial charge in [-0.15, -0.1) is 0 Å². The minimum atomic E-state index is -0.538. The highest BCUT2D eigenvalue weighted by Crippen LogP contribution is 2.29. The van der Waals surface area contributed by atoms with E-state index in [0.29, 0.717) is 41.0 Å². The topological polar surface area (TPSA) is 100 Å². The fourth-order valence-corrected chi connectivity index (χ4v) is 2.50. The van der Waals surface area contributed by atoms with Crippen LogP contribution in [0.1, 0.15) is 26.3 Å². The van der Waals surface area contributed by atoms with Crippen LogP contribution < -0.4 is 20.1 Å². The quantitative estimate of drug-likeness (QED) is 0.504. The van der Waals surface area contributed by atoms with Crippen LogP contribution in [0, 0.1) is 17.2 Å². The van der Waals surface area contributed by atoms with Crippen molar-refractivity contribution in [3.63, 3.8) is 0 Å². The number of nitrogens with zero attached hydrogens (tertiary/aromatic N) is 1. The van der Waals surface area contributed by atoms with Crippen molar-refractivity contribution < 1.29 is 19.1 Å². The van der Waals surface area contributed by atoms with Crippen molar-refractivity contribution >= 4 is 29.3 Å². The monoisotopic (exact) mass is 407 g/mol. The summed E-state index contributed by atoms with van der Waals surface area (Å²) in [5.74, 6) is 0.776. The molecule has 0 spiro atoms. The summed E-state index contributed by atoms with van der Waals surface area (Å²) in [4.78, 5) is 23.6. The average molecular weight is 407 g/mol. The van der Waals surface area contributed by atoms with Crippen LogP contribution in [0.3, 0.4) is 0 Å². The predicted molar refractivity (Wildman–Crippen MR) is 116 cm³/mol. The largest absolute Gasteiger partial charge is 0.493 e. The van der Waals surface area contributed by atoms with Crippen molar-refractivity contribution in [2.24, 2.45) is 5.92 Å². The van der Waals surface area contributed by atoms with E-state index in [-0.39, 0.29) is 11.5 Å². The molecule has 0 bridgehead atoms. The number of anilines is 2. The lowest BCUT2D eigenvalue weighted by atomic mass is 10.1. The van der Waals surface area contributed by atoms with Crippen LogP contribution in [0.5, 0.6) is 11.5 Å². The second-order valence-electron chi connectivity index (χ2n) is 7.00. The van der Waals surface area contributed by atoms with Gasteiger partial charge in [-0.3, -0.25) is 9.59 Å². The average Bonchev–Trinajstić information content (AvgIpc) is 2.71. The lowest BCUT2D eigenvalue weighted by Gasteiger charge is -2.13. The van der Waals surface area contributed by atoms with Gasteiger partial charge in [0.25, 0.3) is 5.91 Å². The molecule has 0 atom stereocenters. The smallest absolute Gasteiger partial charge is 0.266 e. The van der Waals surface area contributed by atoms with E-state index in [2.05, 4.69) is 24.5 Å². The Hall–Kier alpha value is -3.79. The highest BCUT2D eigenvalue weighted by atomic mass is 16.5. The molecule has 0 fully saturated rings. The molecule has 0 unspecified atom stereocenters. The molecular weight excluding hydrogens is 382 g/mol. The number of nitrogens with one attached hydrogen (secondary N) is 2. The number of nitriles is 1. The van der Waals surface area contributed by atoms with Gasteiger partial charge in [0.2, 0.25) is 5.91 Å². The van der Waals surface area contributed by atoms with Crippen LogP contribution >= 0.6 is 0 Å². The second-order valence-corrected chi connectivity index (χ2v) is 7.00. The number of rotatable bonds is 8. The van der Waals surface area contributed by atoms with E-state index in [1.165, 1.54) is 20.1 Å². The lowest BCUT2D eigenvalue weighted by Crippen LogP contribution is -2.13. The van der Waals surface area contributed by atoms with Crippen molar-refractivity contribution in [1.82, 2.24) is 0 Å². The number of methoxy groups -OCH3 is 1. The van der Waals surface area contributed by atoms with E-state index in [4.69, 9.17) is 9.47 Å². The molecule has 2 rings (SSSR count). The van der Waals surface area contributed by atoms with Crippen molar-refractivity contribution in [2.75, 3.05) is 24.4 Å². The van der Waals surface area contributed by atoms with Crippen LogP contribution in [0.2, 0.25) is 0 Å². The standard InChI is InChI=1S/C23H25N3O4/c1-15(2)14-30-21-10-5-17(12-22(21)29-4)11-18(13-24)23(28)26-20-8-6-19(7-9-20)25-16(3)27/h5-12,15H,14H2,1-4H3,(H,25,27)(H,26,28)/b18-11+. The van der Waals surface area contributed by atoms with Gasteiger partial charge in [-0.2, -0.15) is 5.26 Å². The first-order chi connectivity index (χ1) is 14.3. The SMILES string of the molecule is COc1cc(/C=C(\C#N)C(=O)Nc2ccc(NC(C)=O)cc2)ccc1OCC(C)C. The van der Waals surface area contributed by atoms with Crippen LogP contribution in [0.15, 0.2) is 48.0 Å². The first-order valence-electron chi connectivity index (χ1n) is 9.44. The number of hydrogen-bond acceptors (Lipinski definition) is 5. The Morgan fingerprint density at radius 2 is 1.70 bits per heavy atom. The van der Waals surface area contributed by atoms with E-state index >= 15 is 0 Å². The van der Waals surface area contributed by atoms with E-state index in [0.717, 1.165) is 0 Å². The third-order valence-corrected chi connectivity index (χ3v) is 3.90. The molecule has 7 heteroatoms. The van der Waals surface area contributed by atoms with Gasteiger partial charge in [0.05, 0.1) is 13.7 Å². The van der Waals surface area contributed by atoms with E-state index < -0.39 is 5.91 Å². The Morgan fingerprint density at radius 1 is 1.07 bits per heavy atom. The molecule has 0 aromatic heterocycles. The van der Waals surface area contributed by atoms with Crippen LogP contribution in [0.4, 0.5) is 11.4 Å². The third kappa shape index (κ3) is 6.67. The fourth-order valence-electron chi connectivity index (χ4n) is 2.50. The van der Waals surface area contributed by atoms with Gasteiger partial charge in [0.15, 0.2) is 11.5 Å². The van der Waals surface area contributed by atoms with Gasteiger partial charge in [-0.05, 0) is 54.0 Å². The first-order valence-corrected chi connectivity index (χ1v) is 9.44. The van der Waals surface area contributed by atoms with Crippen molar-refractivity contribution in [3.05, 3.63) is 53.6 Å². The highest BCUT2D eigenvalue weighted by molar-refractivity contribution is 6.09. The van der Waals surface area contributed by atoms with Gasteiger partial charge in [-0.1, -0.05) is 19.9 Å². The Bertz CT molecular complexity index is 973. The molecule has 156 valence electrons. The summed E-state index contributed by atoms with van der Waals surface area (Å²) < 4.78 is 11.1. The van der Waals surface area contributed by atoms with Crippen LogP contribution in [-0.2, 0) is 9.59 Å². The number of carbonyl (C=O) groups is 2. The van der Waals surface area contributed by atoms with Gasteiger partial charge in [-0.25, -0.2) is 0 Å². The molecule has 7 nitrogen and oxygen atoms in total. The summed E-state index contributed by atoms with van der Waals surface area (Å²) >= 11 is 0. The minimum absolute atomic E-state index is 0.0566. The van der Waals surface area contributed by atoms with Gasteiger partial charge in [0, 0.05) is 18.3 Å². The van der Waals surface area contributed by atoms with E-state index in [9.17, 15) is 14.9 Å². The maximum Gasteiger partial charge on any atom is 0.266 e. The summed E-state index contributed by atoms with van der Waals surface area (Å²) in [5, 5.41) is 14.7. The van der Waals surface area contributed by atoms with Crippen LogP contribution in [-0.4, -0.2) is 25.5 Å². The number of amides is 2. The maximum atomic E-state index is 12.5. The van der Waals surface area contributed by atoms with Crippen LogP contribution in [0.25, 0.3) is 6.08 Å². The van der Waals surface area contributed by atoms with E-state index in [1.807, 2.05) is 6.07 Å². The Kier molecular flexibility index (Phi) is 8.00. The molecule has 0 saturated heterocycles. The molecule has 0 radical (unpaired) electrons. The normalized spacial score (nSPS) is 10.9. The maximum absolute atomic E-state index is 12.5. The molecule has 0 aliphatic heterocycles. The minimum Gasteiger partial charge on any atom is -0.493 e. The summed E-state index contributed by atoms with van der Waals surface area (Å²) in [7, 11) is 1.54. The number of carbonyl (C=O) groups excluding carboxylic acids is 2. The lowest BCUT2D eigenvalue weighted by molar-refractivity contribution is -0.114. The Labute approximate surface area is 176 Å². The highest BCUT2D eigenvalue weighted by Gasteiger charge is 2.12. The molecule has 0 aliphatic rings. The van der Waals surface area contributed by atoms with E-state index in [1.54, 1.807) is 42.5 Å².